The monoisotopic (exact) mass is 416 g/mol. The summed E-state index contributed by atoms with van der Waals surface area (Å²) in [4.78, 5) is 21.1. The first-order valence-corrected chi connectivity index (χ1v) is 10.2. The highest BCUT2D eigenvalue weighted by Gasteiger charge is 2.13. The van der Waals surface area contributed by atoms with E-state index in [1.807, 2.05) is 55.5 Å². The lowest BCUT2D eigenvalue weighted by Gasteiger charge is -2.14. The third-order valence-corrected chi connectivity index (χ3v) is 4.79. The van der Waals surface area contributed by atoms with Crippen LogP contribution in [0.15, 0.2) is 73.1 Å². The number of para-hydroxylation sites is 4. The van der Waals surface area contributed by atoms with Crippen LogP contribution in [0.25, 0.3) is 11.0 Å². The molecule has 0 fully saturated rings. The lowest BCUT2D eigenvalue weighted by atomic mass is 10.3. The van der Waals surface area contributed by atoms with Crippen LogP contribution in [0.3, 0.4) is 0 Å². The minimum Gasteiger partial charge on any atom is -0.490 e. The molecule has 7 nitrogen and oxygen atoms in total. The lowest BCUT2D eigenvalue weighted by molar-refractivity contribution is 0.0949. The second kappa shape index (κ2) is 9.75. The van der Waals surface area contributed by atoms with Crippen LogP contribution >= 0.6 is 0 Å². The summed E-state index contributed by atoms with van der Waals surface area (Å²) < 4.78 is 13.7. The Morgan fingerprint density at radius 3 is 2.55 bits per heavy atom. The molecule has 0 atom stereocenters. The summed E-state index contributed by atoms with van der Waals surface area (Å²) in [5.74, 6) is 2.01. The number of aromatic nitrogens is 3. The number of amides is 1. The molecule has 2 heterocycles. The van der Waals surface area contributed by atoms with Crippen molar-refractivity contribution in [1.82, 2.24) is 19.9 Å². The molecule has 0 spiro atoms. The number of imidazole rings is 1. The molecule has 0 saturated carbocycles. The van der Waals surface area contributed by atoms with Gasteiger partial charge in [0.2, 0.25) is 0 Å². The maximum Gasteiger partial charge on any atom is 0.253 e. The molecule has 7 heteroatoms. The second-order valence-corrected chi connectivity index (χ2v) is 6.82. The van der Waals surface area contributed by atoms with Crippen molar-refractivity contribution in [2.75, 3.05) is 13.2 Å². The van der Waals surface area contributed by atoms with Gasteiger partial charge in [-0.25, -0.2) is 4.98 Å². The molecular weight excluding hydrogens is 392 g/mol. The Morgan fingerprint density at radius 2 is 1.77 bits per heavy atom. The van der Waals surface area contributed by atoms with Crippen LogP contribution < -0.4 is 14.8 Å². The van der Waals surface area contributed by atoms with Crippen molar-refractivity contribution in [2.24, 2.45) is 0 Å². The zero-order valence-corrected chi connectivity index (χ0v) is 17.3. The predicted molar refractivity (Wildman–Crippen MR) is 118 cm³/mol. The third kappa shape index (κ3) is 4.83. The first-order valence-electron chi connectivity index (χ1n) is 10.2. The normalized spacial score (nSPS) is 10.7. The van der Waals surface area contributed by atoms with E-state index in [0.29, 0.717) is 37.6 Å². The van der Waals surface area contributed by atoms with E-state index in [4.69, 9.17) is 14.5 Å². The van der Waals surface area contributed by atoms with E-state index in [1.165, 1.54) is 0 Å². The average Bonchev–Trinajstić information content (AvgIpc) is 3.17. The largest absolute Gasteiger partial charge is 0.490 e. The van der Waals surface area contributed by atoms with Gasteiger partial charge in [0, 0.05) is 12.4 Å². The average molecular weight is 416 g/mol. The quantitative estimate of drug-likeness (QED) is 0.449. The molecule has 4 rings (SSSR count). The summed E-state index contributed by atoms with van der Waals surface area (Å²) >= 11 is 0. The third-order valence-electron chi connectivity index (χ3n) is 4.79. The molecule has 0 bridgehead atoms. The predicted octanol–water partition coefficient (Wildman–Crippen LogP) is 3.84. The van der Waals surface area contributed by atoms with Gasteiger partial charge in [-0.15, -0.1) is 0 Å². The molecule has 0 aliphatic rings. The first-order chi connectivity index (χ1) is 15.3. The van der Waals surface area contributed by atoms with Crippen LogP contribution in [-0.2, 0) is 13.1 Å². The number of hydrogen-bond donors (Lipinski definition) is 1. The van der Waals surface area contributed by atoms with E-state index in [9.17, 15) is 4.79 Å². The Morgan fingerprint density at radius 1 is 1.00 bits per heavy atom. The highest BCUT2D eigenvalue weighted by molar-refractivity contribution is 5.93. The van der Waals surface area contributed by atoms with Crippen molar-refractivity contribution in [3.05, 3.63) is 84.4 Å². The molecule has 1 N–H and O–H groups in total. The number of rotatable bonds is 9. The Kier molecular flexibility index (Phi) is 6.42. The standard InChI is InChI=1S/C24H24N4O3/c1-2-30-21-11-5-6-12-22(21)31-15-14-28-20-10-4-3-9-19(20)27-23(28)17-26-24(29)18-8-7-13-25-16-18/h3-13,16H,2,14-15,17H2,1H3,(H,26,29). The summed E-state index contributed by atoms with van der Waals surface area (Å²) in [5.41, 5.74) is 2.39. The van der Waals surface area contributed by atoms with Gasteiger partial charge in [0.1, 0.15) is 12.4 Å². The van der Waals surface area contributed by atoms with Gasteiger partial charge in [-0.2, -0.15) is 0 Å². The highest BCUT2D eigenvalue weighted by atomic mass is 16.5. The minimum absolute atomic E-state index is 0.186. The van der Waals surface area contributed by atoms with Crippen LogP contribution in [0, 0.1) is 0 Å². The number of nitrogens with one attached hydrogen (secondary N) is 1. The number of ether oxygens (including phenoxy) is 2. The molecular formula is C24H24N4O3. The van der Waals surface area contributed by atoms with Gasteiger partial charge in [0.05, 0.1) is 36.3 Å². The Bertz CT molecular complexity index is 1160. The van der Waals surface area contributed by atoms with E-state index >= 15 is 0 Å². The molecule has 4 aromatic rings. The smallest absolute Gasteiger partial charge is 0.253 e. The molecule has 0 unspecified atom stereocenters. The summed E-state index contributed by atoms with van der Waals surface area (Å²) in [7, 11) is 0. The maximum atomic E-state index is 12.4. The lowest BCUT2D eigenvalue weighted by Crippen LogP contribution is -2.25. The fourth-order valence-electron chi connectivity index (χ4n) is 3.36. The number of benzene rings is 2. The minimum atomic E-state index is -0.186. The Hall–Kier alpha value is -3.87. The summed E-state index contributed by atoms with van der Waals surface area (Å²) in [5, 5.41) is 2.93. The number of pyridine rings is 1. The molecule has 158 valence electrons. The number of carbonyl (C=O) groups is 1. The first kappa shape index (κ1) is 20.4. The fourth-order valence-corrected chi connectivity index (χ4v) is 3.36. The van der Waals surface area contributed by atoms with Crippen molar-refractivity contribution in [3.8, 4) is 11.5 Å². The number of hydrogen-bond acceptors (Lipinski definition) is 5. The summed E-state index contributed by atoms with van der Waals surface area (Å²) in [6, 6.07) is 19.0. The highest BCUT2D eigenvalue weighted by Crippen LogP contribution is 2.26. The Balaban J connectivity index is 1.48. The molecule has 31 heavy (non-hydrogen) atoms. The molecule has 0 aliphatic heterocycles. The van der Waals surface area contributed by atoms with Crippen LogP contribution in [0.1, 0.15) is 23.1 Å². The maximum absolute atomic E-state index is 12.4. The van der Waals surface area contributed by atoms with E-state index in [-0.39, 0.29) is 5.91 Å². The topological polar surface area (TPSA) is 78.3 Å². The molecule has 0 aliphatic carbocycles. The van der Waals surface area contributed by atoms with Crippen molar-refractivity contribution in [2.45, 2.75) is 20.0 Å². The van der Waals surface area contributed by atoms with Gasteiger partial charge < -0.3 is 19.4 Å². The fraction of sp³-hybridized carbons (Fsp3) is 0.208. The van der Waals surface area contributed by atoms with Gasteiger partial charge in [-0.1, -0.05) is 24.3 Å². The van der Waals surface area contributed by atoms with Crippen molar-refractivity contribution in [1.29, 1.82) is 0 Å². The van der Waals surface area contributed by atoms with E-state index in [0.717, 1.165) is 22.6 Å². The molecule has 1 amide bonds. The molecule has 0 saturated heterocycles. The van der Waals surface area contributed by atoms with E-state index < -0.39 is 0 Å². The number of nitrogens with zero attached hydrogens (tertiary/aromatic N) is 3. The number of fused-ring (bicyclic) bond motifs is 1. The summed E-state index contributed by atoms with van der Waals surface area (Å²) in [6.07, 6.45) is 3.18. The second-order valence-electron chi connectivity index (χ2n) is 6.82. The zero-order chi connectivity index (χ0) is 21.5. The van der Waals surface area contributed by atoms with Crippen LogP contribution in [-0.4, -0.2) is 33.7 Å². The summed E-state index contributed by atoms with van der Waals surface area (Å²) in [6.45, 7) is 3.85. The van der Waals surface area contributed by atoms with E-state index in [1.54, 1.807) is 24.5 Å². The van der Waals surface area contributed by atoms with Gasteiger partial charge in [0.15, 0.2) is 11.5 Å². The molecule has 2 aromatic carbocycles. The van der Waals surface area contributed by atoms with Crippen LogP contribution in [0.5, 0.6) is 11.5 Å². The van der Waals surface area contributed by atoms with Crippen LogP contribution in [0.4, 0.5) is 0 Å². The van der Waals surface area contributed by atoms with Crippen molar-refractivity contribution in [3.63, 3.8) is 0 Å². The molecule has 2 aromatic heterocycles. The zero-order valence-electron chi connectivity index (χ0n) is 17.3. The van der Waals surface area contributed by atoms with Gasteiger partial charge >= 0.3 is 0 Å². The van der Waals surface area contributed by atoms with Crippen LogP contribution in [0.2, 0.25) is 0 Å². The van der Waals surface area contributed by atoms with Crippen molar-refractivity contribution < 1.29 is 14.3 Å². The van der Waals surface area contributed by atoms with E-state index in [2.05, 4.69) is 14.9 Å². The van der Waals surface area contributed by atoms with Crippen molar-refractivity contribution >= 4 is 16.9 Å². The molecule has 0 radical (unpaired) electrons. The SMILES string of the molecule is CCOc1ccccc1OCCn1c(CNC(=O)c2cccnc2)nc2ccccc21. The van der Waals surface area contributed by atoms with Gasteiger partial charge in [-0.3, -0.25) is 9.78 Å². The van der Waals surface area contributed by atoms with Gasteiger partial charge in [-0.05, 0) is 43.3 Å². The Labute approximate surface area is 180 Å². The number of carbonyl (C=O) groups excluding carboxylic acids is 1. The van der Waals surface area contributed by atoms with Gasteiger partial charge in [0.25, 0.3) is 5.91 Å².